The molecular weight excluding hydrogens is 362 g/mol. The van der Waals surface area contributed by atoms with E-state index in [2.05, 4.69) is 15.0 Å². The van der Waals surface area contributed by atoms with E-state index in [1.165, 1.54) is 15.9 Å². The summed E-state index contributed by atoms with van der Waals surface area (Å²) in [4.78, 5) is 37.8. The van der Waals surface area contributed by atoms with Crippen LogP contribution in [0.4, 0.5) is 0 Å². The summed E-state index contributed by atoms with van der Waals surface area (Å²) in [5, 5.41) is 0. The van der Waals surface area contributed by atoms with Crippen LogP contribution in [0, 0.1) is 6.92 Å². The minimum Gasteiger partial charge on any atom is -0.364 e. The van der Waals surface area contributed by atoms with Crippen molar-refractivity contribution in [3.05, 3.63) is 69.1 Å². The summed E-state index contributed by atoms with van der Waals surface area (Å²) in [6.07, 6.45) is 0.664. The maximum atomic E-state index is 12.5. The zero-order chi connectivity index (χ0) is 19.0. The lowest BCUT2D eigenvalue weighted by Crippen LogP contribution is -2.18. The van der Waals surface area contributed by atoms with Crippen LogP contribution < -0.4 is 11.4 Å². The van der Waals surface area contributed by atoms with Crippen LogP contribution in [-0.4, -0.2) is 25.4 Å². The number of thiophene rings is 1. The summed E-state index contributed by atoms with van der Waals surface area (Å²) in [5.74, 6) is -0.310. The van der Waals surface area contributed by atoms with Crippen molar-refractivity contribution in [2.75, 3.05) is 0 Å². The van der Waals surface area contributed by atoms with Crippen molar-refractivity contribution >= 4 is 28.4 Å². The fourth-order valence-electron chi connectivity index (χ4n) is 2.97. The van der Waals surface area contributed by atoms with Crippen LogP contribution in [-0.2, 0) is 13.0 Å². The first-order chi connectivity index (χ1) is 13.0. The van der Waals surface area contributed by atoms with Crippen LogP contribution in [0.3, 0.4) is 0 Å². The fourth-order valence-corrected chi connectivity index (χ4v) is 3.77. The monoisotopic (exact) mass is 379 g/mol. The Morgan fingerprint density at radius 3 is 2.63 bits per heavy atom. The number of carbonyl (C=O) groups excluding carboxylic acids is 1. The smallest absolute Gasteiger partial charge is 0.327 e. The average molecular weight is 379 g/mol. The normalized spacial score (nSPS) is 11.1. The van der Waals surface area contributed by atoms with Crippen LogP contribution in [0.5, 0.6) is 0 Å². The largest absolute Gasteiger partial charge is 0.364 e. The van der Waals surface area contributed by atoms with E-state index in [1.807, 2.05) is 49.4 Å². The molecule has 3 heterocycles. The van der Waals surface area contributed by atoms with E-state index in [1.54, 1.807) is 0 Å². The standard InChI is InChI=1S/C19H17N5O2S/c1-11-7-8-13(27-11)17-21-14(16(20)25)15-18(23-17)24(19(26)22-15)10-9-12-5-3-2-4-6-12/h2-8H,9-10H2,1H3,(H2,20,25)(H,22,26). The number of primary amides is 1. The van der Waals surface area contributed by atoms with Gasteiger partial charge in [-0.3, -0.25) is 9.36 Å². The molecule has 3 aromatic heterocycles. The van der Waals surface area contributed by atoms with Gasteiger partial charge in [0.25, 0.3) is 5.91 Å². The molecule has 4 rings (SSSR count). The molecule has 1 amide bonds. The Labute approximate surface area is 158 Å². The van der Waals surface area contributed by atoms with E-state index in [0.717, 1.165) is 15.3 Å². The Morgan fingerprint density at radius 1 is 1.19 bits per heavy atom. The van der Waals surface area contributed by atoms with Gasteiger partial charge in [-0.2, -0.15) is 0 Å². The average Bonchev–Trinajstić information content (AvgIpc) is 3.22. The zero-order valence-electron chi connectivity index (χ0n) is 14.6. The molecule has 0 aliphatic heterocycles. The number of nitrogens with one attached hydrogen (secondary N) is 1. The van der Waals surface area contributed by atoms with E-state index in [9.17, 15) is 9.59 Å². The highest BCUT2D eigenvalue weighted by Crippen LogP contribution is 2.26. The molecule has 0 atom stereocenters. The molecule has 4 aromatic rings. The molecule has 7 nitrogen and oxygen atoms in total. The Kier molecular flexibility index (Phi) is 4.33. The van der Waals surface area contributed by atoms with E-state index < -0.39 is 5.91 Å². The van der Waals surface area contributed by atoms with Crippen LogP contribution in [0.1, 0.15) is 20.9 Å². The molecule has 8 heteroatoms. The highest BCUT2D eigenvalue weighted by atomic mass is 32.1. The summed E-state index contributed by atoms with van der Waals surface area (Å²) in [6.45, 7) is 2.41. The molecule has 0 spiro atoms. The molecule has 136 valence electrons. The van der Waals surface area contributed by atoms with Crippen molar-refractivity contribution < 1.29 is 4.79 Å². The predicted molar refractivity (Wildman–Crippen MR) is 105 cm³/mol. The van der Waals surface area contributed by atoms with Crippen LogP contribution in [0.15, 0.2) is 47.3 Å². The molecule has 3 N–H and O–H groups in total. The Hall–Kier alpha value is -3.26. The van der Waals surface area contributed by atoms with Gasteiger partial charge in [0, 0.05) is 11.4 Å². The van der Waals surface area contributed by atoms with Gasteiger partial charge < -0.3 is 10.7 Å². The Bertz CT molecular complexity index is 1190. The number of amides is 1. The molecule has 0 bridgehead atoms. The number of fused-ring (bicyclic) bond motifs is 1. The molecule has 0 saturated carbocycles. The van der Waals surface area contributed by atoms with Crippen molar-refractivity contribution in [2.45, 2.75) is 19.9 Å². The van der Waals surface area contributed by atoms with Crippen LogP contribution in [0.25, 0.3) is 21.9 Å². The third-order valence-corrected chi connectivity index (χ3v) is 5.28. The lowest BCUT2D eigenvalue weighted by atomic mass is 10.1. The second kappa shape index (κ2) is 6.81. The van der Waals surface area contributed by atoms with Crippen molar-refractivity contribution in [2.24, 2.45) is 5.73 Å². The first-order valence-electron chi connectivity index (χ1n) is 8.44. The van der Waals surface area contributed by atoms with Crippen molar-refractivity contribution in [1.82, 2.24) is 19.5 Å². The number of benzene rings is 1. The summed E-state index contributed by atoms with van der Waals surface area (Å²) >= 11 is 1.52. The molecule has 1 aromatic carbocycles. The Balaban J connectivity index is 1.84. The minimum atomic E-state index is -0.701. The quantitative estimate of drug-likeness (QED) is 0.555. The topological polar surface area (TPSA) is 107 Å². The molecule has 27 heavy (non-hydrogen) atoms. The number of aromatic nitrogens is 4. The van der Waals surface area contributed by atoms with Gasteiger partial charge in [-0.25, -0.2) is 14.8 Å². The van der Waals surface area contributed by atoms with Gasteiger partial charge in [0.15, 0.2) is 17.2 Å². The summed E-state index contributed by atoms with van der Waals surface area (Å²) in [5.41, 5.74) is 6.96. The molecule has 0 fully saturated rings. The number of nitrogens with two attached hydrogens (primary N) is 1. The number of hydrogen-bond donors (Lipinski definition) is 2. The van der Waals surface area contributed by atoms with Crippen molar-refractivity contribution in [1.29, 1.82) is 0 Å². The fraction of sp³-hybridized carbons (Fsp3) is 0.158. The number of aryl methyl sites for hydroxylation is 3. The summed E-state index contributed by atoms with van der Waals surface area (Å²) < 4.78 is 1.53. The lowest BCUT2D eigenvalue weighted by molar-refractivity contribution is 0.0997. The number of rotatable bonds is 5. The predicted octanol–water partition coefficient (Wildman–Crippen LogP) is 2.50. The molecule has 0 radical (unpaired) electrons. The Morgan fingerprint density at radius 2 is 1.96 bits per heavy atom. The van der Waals surface area contributed by atoms with Crippen molar-refractivity contribution in [3.8, 4) is 10.7 Å². The van der Waals surface area contributed by atoms with E-state index in [-0.39, 0.29) is 16.9 Å². The number of nitrogens with zero attached hydrogens (tertiary/aromatic N) is 3. The molecule has 0 aliphatic carbocycles. The van der Waals surface area contributed by atoms with Gasteiger partial charge in [0.2, 0.25) is 0 Å². The second-order valence-electron chi connectivity index (χ2n) is 6.19. The van der Waals surface area contributed by atoms with Gasteiger partial charge in [0.05, 0.1) is 4.88 Å². The van der Waals surface area contributed by atoms with Crippen molar-refractivity contribution in [3.63, 3.8) is 0 Å². The van der Waals surface area contributed by atoms with Crippen LogP contribution in [0.2, 0.25) is 0 Å². The van der Waals surface area contributed by atoms with Gasteiger partial charge in [0.1, 0.15) is 5.52 Å². The molecule has 0 saturated heterocycles. The number of carbonyl (C=O) groups is 1. The number of aromatic amines is 1. The highest BCUT2D eigenvalue weighted by Gasteiger charge is 2.19. The number of imidazole rings is 1. The summed E-state index contributed by atoms with van der Waals surface area (Å²) in [7, 11) is 0. The summed E-state index contributed by atoms with van der Waals surface area (Å²) in [6, 6.07) is 13.7. The maximum absolute atomic E-state index is 12.5. The minimum absolute atomic E-state index is 0.0246. The second-order valence-corrected chi connectivity index (χ2v) is 7.47. The first-order valence-corrected chi connectivity index (χ1v) is 9.25. The van der Waals surface area contributed by atoms with E-state index >= 15 is 0 Å². The SMILES string of the molecule is Cc1ccc(-c2nc(C(N)=O)c3[nH]c(=O)n(CCc4ccccc4)c3n2)s1. The van der Waals surface area contributed by atoms with Gasteiger partial charge in [-0.15, -0.1) is 11.3 Å². The van der Waals surface area contributed by atoms with E-state index in [4.69, 9.17) is 5.73 Å². The van der Waals surface area contributed by atoms with Crippen LogP contribution >= 0.6 is 11.3 Å². The molecule has 0 unspecified atom stereocenters. The number of H-pyrrole nitrogens is 1. The third-order valence-electron chi connectivity index (χ3n) is 4.28. The zero-order valence-corrected chi connectivity index (χ0v) is 15.4. The maximum Gasteiger partial charge on any atom is 0.327 e. The third kappa shape index (κ3) is 3.26. The van der Waals surface area contributed by atoms with Gasteiger partial charge in [-0.05, 0) is 31.0 Å². The van der Waals surface area contributed by atoms with E-state index in [0.29, 0.717) is 24.4 Å². The number of hydrogen-bond acceptors (Lipinski definition) is 5. The highest BCUT2D eigenvalue weighted by molar-refractivity contribution is 7.15. The molecular formula is C19H17N5O2S. The molecule has 0 aliphatic rings. The lowest BCUT2D eigenvalue weighted by Gasteiger charge is -2.06. The van der Waals surface area contributed by atoms with Gasteiger partial charge in [-0.1, -0.05) is 30.3 Å². The van der Waals surface area contributed by atoms with Gasteiger partial charge >= 0.3 is 5.69 Å². The first kappa shape index (κ1) is 17.2.